The predicted molar refractivity (Wildman–Crippen MR) is 77.5 cm³/mol. The van der Waals surface area contributed by atoms with E-state index in [1.165, 1.54) is 18.2 Å². The van der Waals surface area contributed by atoms with Crippen LogP contribution in [-0.4, -0.2) is 4.92 Å². The molecule has 20 heavy (non-hydrogen) atoms. The largest absolute Gasteiger partial charge is 0.455 e. The number of benzene rings is 2. The molecule has 0 heterocycles. The quantitative estimate of drug-likeness (QED) is 0.679. The minimum atomic E-state index is -0.520. The first kappa shape index (κ1) is 14.6. The normalized spacial score (nSPS) is 10.3. The maximum absolute atomic E-state index is 10.7. The molecule has 0 aromatic heterocycles. The second kappa shape index (κ2) is 6.09. The van der Waals surface area contributed by atoms with Crippen molar-refractivity contribution in [2.75, 3.05) is 0 Å². The first-order valence-corrected chi connectivity index (χ1v) is 6.37. The van der Waals surface area contributed by atoms with Gasteiger partial charge in [0.15, 0.2) is 5.75 Å². The number of nitrogens with two attached hydrogens (primary N) is 1. The minimum Gasteiger partial charge on any atom is -0.455 e. The molecule has 0 aliphatic carbocycles. The van der Waals surface area contributed by atoms with Crippen molar-refractivity contribution in [1.29, 1.82) is 0 Å². The highest BCUT2D eigenvalue weighted by Gasteiger charge is 2.12. The van der Waals surface area contributed by atoms with Crippen LogP contribution in [0.5, 0.6) is 11.5 Å². The van der Waals surface area contributed by atoms with Gasteiger partial charge in [-0.15, -0.1) is 0 Å². The highest BCUT2D eigenvalue weighted by Crippen LogP contribution is 2.34. The number of halogens is 2. The van der Waals surface area contributed by atoms with Crippen molar-refractivity contribution in [1.82, 2.24) is 0 Å². The number of nitrogens with zero attached hydrogens (tertiary/aromatic N) is 1. The zero-order valence-corrected chi connectivity index (χ0v) is 11.7. The van der Waals surface area contributed by atoms with Crippen LogP contribution in [0, 0.1) is 10.1 Å². The van der Waals surface area contributed by atoms with E-state index in [2.05, 4.69) is 0 Å². The lowest BCUT2D eigenvalue weighted by Crippen LogP contribution is -1.97. The number of rotatable bonds is 4. The molecule has 0 atom stereocenters. The fraction of sp³-hybridized carbons (Fsp3) is 0.0769. The average Bonchev–Trinajstić information content (AvgIpc) is 2.41. The summed E-state index contributed by atoms with van der Waals surface area (Å²) in [7, 11) is 0. The molecule has 104 valence electrons. The van der Waals surface area contributed by atoms with Crippen LogP contribution >= 0.6 is 23.2 Å². The van der Waals surface area contributed by atoms with Crippen molar-refractivity contribution in [2.24, 2.45) is 5.73 Å². The lowest BCUT2D eigenvalue weighted by molar-refractivity contribution is -0.384. The summed E-state index contributed by atoms with van der Waals surface area (Å²) in [6.07, 6.45) is 0. The van der Waals surface area contributed by atoms with Gasteiger partial charge in [0, 0.05) is 17.6 Å². The predicted octanol–water partition coefficient (Wildman–Crippen LogP) is 4.15. The van der Waals surface area contributed by atoms with Gasteiger partial charge < -0.3 is 10.5 Å². The summed E-state index contributed by atoms with van der Waals surface area (Å²) < 4.78 is 5.52. The Morgan fingerprint density at radius 2 is 1.90 bits per heavy atom. The summed E-state index contributed by atoms with van der Waals surface area (Å²) in [5, 5.41) is 11.5. The SMILES string of the molecule is NCc1ccc(Oc2cc([N+](=O)[O-])ccc2Cl)cc1Cl. The molecule has 0 radical (unpaired) electrons. The van der Waals surface area contributed by atoms with E-state index in [0.29, 0.717) is 17.3 Å². The number of hydrogen-bond donors (Lipinski definition) is 1. The Morgan fingerprint density at radius 3 is 2.50 bits per heavy atom. The summed E-state index contributed by atoms with van der Waals surface area (Å²) in [5.74, 6) is 0.618. The smallest absolute Gasteiger partial charge is 0.273 e. The molecule has 0 bridgehead atoms. The maximum atomic E-state index is 10.7. The van der Waals surface area contributed by atoms with Crippen molar-refractivity contribution >= 4 is 28.9 Å². The Hall–Kier alpha value is -1.82. The van der Waals surface area contributed by atoms with Crippen LogP contribution in [0.4, 0.5) is 5.69 Å². The van der Waals surface area contributed by atoms with E-state index in [1.54, 1.807) is 18.2 Å². The van der Waals surface area contributed by atoms with Crippen molar-refractivity contribution in [3.8, 4) is 11.5 Å². The summed E-state index contributed by atoms with van der Waals surface area (Å²) >= 11 is 12.0. The lowest BCUT2D eigenvalue weighted by atomic mass is 10.2. The van der Waals surface area contributed by atoms with E-state index in [9.17, 15) is 10.1 Å². The van der Waals surface area contributed by atoms with E-state index in [4.69, 9.17) is 33.7 Å². The number of ether oxygens (including phenoxy) is 1. The number of nitro benzene ring substituents is 1. The second-order valence-electron chi connectivity index (χ2n) is 3.93. The van der Waals surface area contributed by atoms with Gasteiger partial charge in [0.05, 0.1) is 16.0 Å². The van der Waals surface area contributed by atoms with Crippen LogP contribution in [0.2, 0.25) is 10.0 Å². The van der Waals surface area contributed by atoms with Gasteiger partial charge in [0.1, 0.15) is 5.75 Å². The van der Waals surface area contributed by atoms with Gasteiger partial charge in [-0.2, -0.15) is 0 Å². The molecule has 0 unspecified atom stereocenters. The Bertz CT molecular complexity index is 662. The van der Waals surface area contributed by atoms with Crippen molar-refractivity contribution in [3.05, 3.63) is 62.1 Å². The van der Waals surface area contributed by atoms with Gasteiger partial charge >= 0.3 is 0 Å². The second-order valence-corrected chi connectivity index (χ2v) is 4.75. The molecule has 0 amide bonds. The first-order valence-electron chi connectivity index (χ1n) is 5.61. The zero-order valence-electron chi connectivity index (χ0n) is 10.2. The van der Waals surface area contributed by atoms with Crippen molar-refractivity contribution < 1.29 is 9.66 Å². The first-order chi connectivity index (χ1) is 9.51. The molecule has 0 saturated heterocycles. The van der Waals surface area contributed by atoms with Gasteiger partial charge in [-0.05, 0) is 23.8 Å². The van der Waals surface area contributed by atoms with E-state index in [-0.39, 0.29) is 16.5 Å². The molecule has 0 fully saturated rings. The molecule has 0 aliphatic rings. The maximum Gasteiger partial charge on any atom is 0.273 e. The third-order valence-corrected chi connectivity index (χ3v) is 3.26. The molecule has 0 saturated carbocycles. The van der Waals surface area contributed by atoms with Gasteiger partial charge in [-0.3, -0.25) is 10.1 Å². The molecular formula is C13H10Cl2N2O3. The highest BCUT2D eigenvalue weighted by molar-refractivity contribution is 6.32. The van der Waals surface area contributed by atoms with Crippen LogP contribution < -0.4 is 10.5 Å². The van der Waals surface area contributed by atoms with Gasteiger partial charge in [0.2, 0.25) is 0 Å². The molecule has 7 heteroatoms. The molecule has 2 rings (SSSR count). The van der Waals surface area contributed by atoms with Gasteiger partial charge in [0.25, 0.3) is 5.69 Å². The van der Waals surface area contributed by atoms with Crippen LogP contribution in [0.25, 0.3) is 0 Å². The van der Waals surface area contributed by atoms with Crippen LogP contribution in [0.15, 0.2) is 36.4 Å². The molecule has 0 spiro atoms. The summed E-state index contributed by atoms with van der Waals surface area (Å²) in [6.45, 7) is 0.316. The molecular weight excluding hydrogens is 303 g/mol. The number of non-ortho nitro benzene ring substituents is 1. The average molecular weight is 313 g/mol. The van der Waals surface area contributed by atoms with Gasteiger partial charge in [-0.25, -0.2) is 0 Å². The molecule has 2 aromatic rings. The van der Waals surface area contributed by atoms with Crippen LogP contribution in [-0.2, 0) is 6.54 Å². The van der Waals surface area contributed by atoms with Gasteiger partial charge in [-0.1, -0.05) is 29.3 Å². The summed E-state index contributed by atoms with van der Waals surface area (Å²) in [5.41, 5.74) is 6.19. The van der Waals surface area contributed by atoms with E-state index >= 15 is 0 Å². The van der Waals surface area contributed by atoms with Crippen LogP contribution in [0.1, 0.15) is 5.56 Å². The van der Waals surface area contributed by atoms with Crippen molar-refractivity contribution in [2.45, 2.75) is 6.54 Å². The Labute approximate surface area is 125 Å². The Balaban J connectivity index is 2.32. The third-order valence-electron chi connectivity index (χ3n) is 2.60. The Kier molecular flexibility index (Phi) is 4.44. The molecule has 0 aliphatic heterocycles. The van der Waals surface area contributed by atoms with Crippen molar-refractivity contribution in [3.63, 3.8) is 0 Å². The highest BCUT2D eigenvalue weighted by atomic mass is 35.5. The Morgan fingerprint density at radius 1 is 1.15 bits per heavy atom. The van der Waals surface area contributed by atoms with E-state index < -0.39 is 4.92 Å². The zero-order chi connectivity index (χ0) is 14.7. The van der Waals surface area contributed by atoms with E-state index in [1.807, 2.05) is 0 Å². The standard InChI is InChI=1S/C13H10Cl2N2O3/c14-11-4-2-9(17(18)19)5-13(11)20-10-3-1-8(7-16)12(15)6-10/h1-6H,7,16H2. The minimum absolute atomic E-state index is 0.103. The fourth-order valence-corrected chi connectivity index (χ4v) is 1.97. The topological polar surface area (TPSA) is 78.4 Å². The molecule has 2 aromatic carbocycles. The third kappa shape index (κ3) is 3.19. The van der Waals surface area contributed by atoms with E-state index in [0.717, 1.165) is 5.56 Å². The number of hydrogen-bond acceptors (Lipinski definition) is 4. The monoisotopic (exact) mass is 312 g/mol. The summed E-state index contributed by atoms with van der Waals surface area (Å²) in [6, 6.07) is 8.95. The summed E-state index contributed by atoms with van der Waals surface area (Å²) in [4.78, 5) is 10.2. The lowest BCUT2D eigenvalue weighted by Gasteiger charge is -2.09. The van der Waals surface area contributed by atoms with Crippen LogP contribution in [0.3, 0.4) is 0 Å². The molecule has 2 N–H and O–H groups in total. The fourth-order valence-electron chi connectivity index (χ4n) is 1.57. The number of nitro groups is 1. The molecule has 5 nitrogen and oxygen atoms in total.